The minimum atomic E-state index is -2.42. The van der Waals surface area contributed by atoms with Gasteiger partial charge >= 0.3 is 0 Å². The summed E-state index contributed by atoms with van der Waals surface area (Å²) in [5.41, 5.74) is 0. The molecule has 33 heavy (non-hydrogen) atoms. The van der Waals surface area contributed by atoms with Crippen LogP contribution in [-0.4, -0.2) is 15.4 Å². The van der Waals surface area contributed by atoms with Crippen molar-refractivity contribution in [3.05, 3.63) is 0 Å². The third-order valence-electron chi connectivity index (χ3n) is 11.5. The lowest BCUT2D eigenvalue weighted by atomic mass is 9.79. The third-order valence-corrected chi connectivity index (χ3v) is 19.7. The van der Waals surface area contributed by atoms with E-state index in [-0.39, 0.29) is 0 Å². The molecule has 0 spiro atoms. The van der Waals surface area contributed by atoms with Gasteiger partial charge in [0.15, 0.2) is 0 Å². The van der Waals surface area contributed by atoms with Crippen molar-refractivity contribution < 1.29 is 4.43 Å². The highest BCUT2D eigenvalue weighted by Crippen LogP contribution is 2.77. The van der Waals surface area contributed by atoms with E-state index in [1.165, 1.54) is 77.0 Å². The van der Waals surface area contributed by atoms with Crippen LogP contribution in [0.1, 0.15) is 160 Å². The lowest BCUT2D eigenvalue weighted by Crippen LogP contribution is -2.70. The fraction of sp³-hybridized carbons (Fsp3) is 1.00. The second kappa shape index (κ2) is 14.7. The predicted octanol–water partition coefficient (Wildman–Crippen LogP) is 11.6. The van der Waals surface area contributed by atoms with E-state index in [2.05, 4.69) is 90.2 Å². The Hall–Kier alpha value is 0.177. The van der Waals surface area contributed by atoms with Crippen LogP contribution in [0.15, 0.2) is 0 Å². The van der Waals surface area contributed by atoms with Gasteiger partial charge in [0, 0.05) is 7.11 Å². The van der Waals surface area contributed by atoms with Crippen molar-refractivity contribution in [2.45, 2.75) is 175 Å². The molecular weight excluding hydrogens is 416 g/mol. The minimum absolute atomic E-state index is 0.314. The molecule has 0 saturated heterocycles. The Morgan fingerprint density at radius 3 is 0.697 bits per heavy atom. The molecule has 0 fully saturated rings. The Balaban J connectivity index is 8.24. The number of rotatable bonds is 19. The molecule has 0 unspecified atom stereocenters. The summed E-state index contributed by atoms with van der Waals surface area (Å²) in [5.74, 6) is 2.24. The lowest BCUT2D eigenvalue weighted by molar-refractivity contribution is 0.126. The van der Waals surface area contributed by atoms with Crippen LogP contribution in [0.3, 0.4) is 0 Å². The first kappa shape index (κ1) is 33.2. The Bertz CT molecular complexity index is 420. The van der Waals surface area contributed by atoms with Gasteiger partial charge in [0.05, 0.1) is 0 Å². The molecule has 200 valence electrons. The summed E-state index contributed by atoms with van der Waals surface area (Å²) < 4.78 is 7.57. The molecule has 0 aromatic rings. The van der Waals surface area contributed by atoms with Crippen LogP contribution >= 0.6 is 0 Å². The summed E-state index contributed by atoms with van der Waals surface area (Å²) in [6.45, 7) is 30.0. The van der Waals surface area contributed by atoms with E-state index >= 15 is 0 Å². The van der Waals surface area contributed by atoms with Gasteiger partial charge < -0.3 is 4.43 Å². The molecule has 0 heterocycles. The number of hydrogen-bond acceptors (Lipinski definition) is 1. The normalized spacial score (nSPS) is 14.2. The molecule has 1 nitrogen and oxygen atoms in total. The van der Waals surface area contributed by atoms with Gasteiger partial charge in [-0.2, -0.15) is 0 Å². The summed E-state index contributed by atoms with van der Waals surface area (Å²) in [7, 11) is -0.230. The van der Waals surface area contributed by atoms with Crippen molar-refractivity contribution in [2.24, 2.45) is 17.8 Å². The van der Waals surface area contributed by atoms with Crippen LogP contribution in [-0.2, 0) is 4.43 Å². The van der Waals surface area contributed by atoms with E-state index in [4.69, 9.17) is 4.43 Å². The third kappa shape index (κ3) is 4.79. The average Bonchev–Trinajstić information content (AvgIpc) is 2.86. The van der Waals surface area contributed by atoms with Crippen LogP contribution in [0, 0.1) is 17.8 Å². The number of hydrogen-bond donors (Lipinski definition) is 0. The second-order valence-corrected chi connectivity index (χ2v) is 15.8. The van der Waals surface area contributed by atoms with Crippen molar-refractivity contribution in [2.75, 3.05) is 7.11 Å². The summed E-state index contributed by atoms with van der Waals surface area (Å²) in [5, 5.41) is 0.942. The first-order valence-corrected chi connectivity index (χ1v) is 17.2. The van der Waals surface area contributed by atoms with E-state index in [1.807, 2.05) is 0 Å². The van der Waals surface area contributed by atoms with Crippen molar-refractivity contribution in [3.63, 3.8) is 0 Å². The Labute approximate surface area is 212 Å². The van der Waals surface area contributed by atoms with Crippen LogP contribution < -0.4 is 0 Å². The zero-order chi connectivity index (χ0) is 25.9. The summed E-state index contributed by atoms with van der Waals surface area (Å²) in [4.78, 5) is 0. The van der Waals surface area contributed by atoms with Gasteiger partial charge in [-0.3, -0.25) is 0 Å². The molecule has 0 aliphatic heterocycles. The maximum Gasteiger partial charge on any atom is 0.211 e. The highest BCUT2D eigenvalue weighted by Gasteiger charge is 2.74. The standard InChI is InChI=1S/C31H66OSi/c1-14-26(15-2)29(20-7,21-8)33(32-13,30(22-9,23-10)27(16-3)17-4)31(24-11,25-12)28(18-5)19-6/h26-28H,14-25H2,1-13H3. The fourth-order valence-electron chi connectivity index (χ4n) is 10.1. The summed E-state index contributed by atoms with van der Waals surface area (Å²) in [6, 6.07) is 0. The Morgan fingerprint density at radius 2 is 0.606 bits per heavy atom. The van der Waals surface area contributed by atoms with Gasteiger partial charge in [0.2, 0.25) is 8.32 Å². The molecular formula is C31H66OSi. The van der Waals surface area contributed by atoms with Crippen molar-refractivity contribution in [3.8, 4) is 0 Å². The maximum absolute atomic E-state index is 7.57. The van der Waals surface area contributed by atoms with Crippen LogP contribution in [0.25, 0.3) is 0 Å². The second-order valence-electron chi connectivity index (χ2n) is 11.0. The van der Waals surface area contributed by atoms with Gasteiger partial charge in [-0.1, -0.05) is 160 Å². The van der Waals surface area contributed by atoms with Crippen LogP contribution in [0.4, 0.5) is 0 Å². The molecule has 0 aliphatic carbocycles. The molecule has 2 heteroatoms. The van der Waals surface area contributed by atoms with Crippen molar-refractivity contribution in [1.82, 2.24) is 0 Å². The van der Waals surface area contributed by atoms with Crippen LogP contribution in [0.5, 0.6) is 0 Å². The van der Waals surface area contributed by atoms with Gasteiger partial charge in [-0.25, -0.2) is 0 Å². The largest absolute Gasteiger partial charge is 0.418 e. The van der Waals surface area contributed by atoms with E-state index in [0.717, 1.165) is 17.8 Å². The molecule has 0 rings (SSSR count). The van der Waals surface area contributed by atoms with E-state index < -0.39 is 8.32 Å². The first-order valence-electron chi connectivity index (χ1n) is 15.3. The lowest BCUT2D eigenvalue weighted by Gasteiger charge is -2.70. The monoisotopic (exact) mass is 482 g/mol. The molecule has 0 atom stereocenters. The molecule has 0 aromatic heterocycles. The highest BCUT2D eigenvalue weighted by atomic mass is 28.4. The fourth-order valence-corrected chi connectivity index (χ4v) is 20.3. The predicted molar refractivity (Wildman–Crippen MR) is 155 cm³/mol. The molecule has 0 radical (unpaired) electrons. The SMILES string of the molecule is CCC(CC)C(CC)(CC)[Si](OC)(C(CC)(CC)C(CC)CC)C(CC)(CC)C(CC)CC. The topological polar surface area (TPSA) is 9.23 Å². The first-order chi connectivity index (χ1) is 15.7. The Kier molecular flexibility index (Phi) is 14.7. The Morgan fingerprint density at radius 1 is 0.424 bits per heavy atom. The van der Waals surface area contributed by atoms with Crippen LogP contribution in [0.2, 0.25) is 15.1 Å². The summed E-state index contributed by atoms with van der Waals surface area (Å²) >= 11 is 0. The van der Waals surface area contributed by atoms with Crippen molar-refractivity contribution in [1.29, 1.82) is 0 Å². The molecule has 0 saturated carbocycles. The minimum Gasteiger partial charge on any atom is -0.418 e. The van der Waals surface area contributed by atoms with Gasteiger partial charge in [0.25, 0.3) is 0 Å². The smallest absolute Gasteiger partial charge is 0.211 e. The molecule has 0 aromatic carbocycles. The quantitative estimate of drug-likeness (QED) is 0.166. The zero-order valence-corrected chi connectivity index (χ0v) is 26.6. The van der Waals surface area contributed by atoms with E-state index in [0.29, 0.717) is 15.1 Å². The summed E-state index contributed by atoms with van der Waals surface area (Å²) in [6.07, 6.45) is 15.4. The van der Waals surface area contributed by atoms with E-state index in [9.17, 15) is 0 Å². The molecule has 0 N–H and O–H groups in total. The highest BCUT2D eigenvalue weighted by molar-refractivity contribution is 6.83. The van der Waals surface area contributed by atoms with Crippen molar-refractivity contribution >= 4 is 8.32 Å². The maximum atomic E-state index is 7.57. The van der Waals surface area contributed by atoms with Gasteiger partial charge in [0.1, 0.15) is 0 Å². The molecule has 0 amide bonds. The van der Waals surface area contributed by atoms with Gasteiger partial charge in [-0.15, -0.1) is 0 Å². The van der Waals surface area contributed by atoms with E-state index in [1.54, 1.807) is 0 Å². The van der Waals surface area contributed by atoms with Gasteiger partial charge in [-0.05, 0) is 32.9 Å². The molecule has 0 aliphatic rings. The average molecular weight is 483 g/mol. The zero-order valence-electron chi connectivity index (χ0n) is 25.6. The molecule has 0 bridgehead atoms.